The van der Waals surface area contributed by atoms with E-state index >= 15 is 0 Å². The van der Waals surface area contributed by atoms with Crippen molar-refractivity contribution in [3.8, 4) is 11.1 Å². The number of halogens is 2. The van der Waals surface area contributed by atoms with E-state index in [2.05, 4.69) is 73.3 Å². The van der Waals surface area contributed by atoms with Crippen LogP contribution in [-0.2, 0) is 6.54 Å². The maximum atomic E-state index is 6.54. The molecule has 0 fully saturated rings. The molecule has 4 aromatic rings. The van der Waals surface area contributed by atoms with Gasteiger partial charge in [-0.2, -0.15) is 0 Å². The zero-order valence-corrected chi connectivity index (χ0v) is 18.7. The smallest absolute Gasteiger partial charge is 0.0804 e. The third kappa shape index (κ3) is 4.30. The largest absolute Gasteiger partial charge is 0.367 e. The van der Waals surface area contributed by atoms with Gasteiger partial charge in [-0.25, -0.2) is 0 Å². The van der Waals surface area contributed by atoms with Gasteiger partial charge >= 0.3 is 0 Å². The fraction of sp³-hybridized carbons (Fsp3) is 0.192. The number of aryl methyl sites for hydroxylation is 1. The summed E-state index contributed by atoms with van der Waals surface area (Å²) in [6.07, 6.45) is 1.07. The maximum absolute atomic E-state index is 6.54. The van der Waals surface area contributed by atoms with E-state index in [1.165, 1.54) is 11.3 Å². The molecule has 0 radical (unpaired) electrons. The molecule has 0 saturated heterocycles. The number of hydrogen-bond acceptors (Lipinski definition) is 2. The van der Waals surface area contributed by atoms with Gasteiger partial charge in [-0.05, 0) is 37.1 Å². The molecule has 2 nitrogen and oxygen atoms in total. The molecule has 1 aromatic heterocycles. The molecule has 0 aliphatic heterocycles. The summed E-state index contributed by atoms with van der Waals surface area (Å²) in [6, 6.07) is 24.7. The number of hydrogen-bond donors (Lipinski definition) is 0. The zero-order valence-electron chi connectivity index (χ0n) is 17.2. The van der Waals surface area contributed by atoms with Crippen molar-refractivity contribution in [1.29, 1.82) is 0 Å². The van der Waals surface area contributed by atoms with Crippen LogP contribution in [0.25, 0.3) is 22.0 Å². The summed E-state index contributed by atoms with van der Waals surface area (Å²) in [7, 11) is 0. The van der Waals surface area contributed by atoms with Crippen molar-refractivity contribution in [1.82, 2.24) is 4.98 Å². The van der Waals surface area contributed by atoms with Crippen LogP contribution in [0.3, 0.4) is 0 Å². The first-order chi connectivity index (χ1) is 14.6. The highest BCUT2D eigenvalue weighted by Crippen LogP contribution is 2.37. The van der Waals surface area contributed by atoms with Gasteiger partial charge in [0.05, 0.1) is 5.52 Å². The lowest BCUT2D eigenvalue weighted by molar-refractivity contribution is 0.769. The van der Waals surface area contributed by atoms with Gasteiger partial charge in [0.1, 0.15) is 0 Å². The summed E-state index contributed by atoms with van der Waals surface area (Å²) in [5.74, 6) is 0. The number of fused-ring (bicyclic) bond motifs is 1. The molecule has 4 heteroatoms. The normalized spacial score (nSPS) is 11.1. The molecule has 4 rings (SSSR count). The van der Waals surface area contributed by atoms with E-state index in [0.29, 0.717) is 10.0 Å². The number of benzene rings is 3. The average molecular weight is 435 g/mol. The van der Waals surface area contributed by atoms with Crippen LogP contribution in [0, 0.1) is 6.92 Å². The van der Waals surface area contributed by atoms with Gasteiger partial charge < -0.3 is 4.90 Å². The number of rotatable bonds is 6. The van der Waals surface area contributed by atoms with Crippen LogP contribution in [-0.4, -0.2) is 11.5 Å². The van der Waals surface area contributed by atoms with Crippen LogP contribution in [0.15, 0.2) is 72.8 Å². The fourth-order valence-electron chi connectivity index (χ4n) is 3.90. The van der Waals surface area contributed by atoms with E-state index in [4.69, 9.17) is 28.2 Å². The lowest BCUT2D eigenvalue weighted by atomic mass is 10.00. The third-order valence-corrected chi connectivity index (χ3v) is 5.77. The standard InChI is InChI=1S/C26H24Cl2N2/c1-3-14-30(17-19-8-5-4-6-9-19)25-15-18(2)29-26-22(10-7-11-23(25)26)21-13-12-20(27)16-24(21)28/h4-13,15-16H,3,14,17H2,1-2H3. The van der Waals surface area contributed by atoms with E-state index in [1.807, 2.05) is 12.1 Å². The summed E-state index contributed by atoms with van der Waals surface area (Å²) in [5.41, 5.74) is 6.42. The van der Waals surface area contributed by atoms with Gasteiger partial charge in [-0.1, -0.05) is 84.7 Å². The molecule has 0 spiro atoms. The summed E-state index contributed by atoms with van der Waals surface area (Å²) in [6.45, 7) is 6.10. The van der Waals surface area contributed by atoms with Gasteiger partial charge in [0.25, 0.3) is 0 Å². The van der Waals surface area contributed by atoms with Gasteiger partial charge in [0, 0.05) is 51.0 Å². The first kappa shape index (κ1) is 20.7. The summed E-state index contributed by atoms with van der Waals surface area (Å²) < 4.78 is 0. The van der Waals surface area contributed by atoms with E-state index in [9.17, 15) is 0 Å². The molecule has 0 amide bonds. The number of pyridine rings is 1. The Morgan fingerprint density at radius 2 is 1.67 bits per heavy atom. The second-order valence-electron chi connectivity index (χ2n) is 7.52. The van der Waals surface area contributed by atoms with Crippen molar-refractivity contribution in [3.63, 3.8) is 0 Å². The average Bonchev–Trinajstić information content (AvgIpc) is 2.73. The van der Waals surface area contributed by atoms with Gasteiger partial charge in [0.15, 0.2) is 0 Å². The van der Waals surface area contributed by atoms with Crippen LogP contribution >= 0.6 is 23.2 Å². The van der Waals surface area contributed by atoms with Crippen molar-refractivity contribution >= 4 is 39.8 Å². The Morgan fingerprint density at radius 1 is 0.867 bits per heavy atom. The van der Waals surface area contributed by atoms with Crippen LogP contribution in [0.4, 0.5) is 5.69 Å². The second kappa shape index (κ2) is 9.07. The van der Waals surface area contributed by atoms with Crippen LogP contribution in [0.5, 0.6) is 0 Å². The van der Waals surface area contributed by atoms with Crippen molar-refractivity contribution in [3.05, 3.63) is 94.1 Å². The number of para-hydroxylation sites is 1. The van der Waals surface area contributed by atoms with Gasteiger partial charge in [0.2, 0.25) is 0 Å². The first-order valence-electron chi connectivity index (χ1n) is 10.2. The number of nitrogens with zero attached hydrogens (tertiary/aromatic N) is 2. The van der Waals surface area contributed by atoms with Crippen molar-refractivity contribution in [2.75, 3.05) is 11.4 Å². The predicted octanol–water partition coefficient (Wildman–Crippen LogP) is 7.93. The Kier molecular flexibility index (Phi) is 6.26. The van der Waals surface area contributed by atoms with Crippen LogP contribution in [0.2, 0.25) is 10.0 Å². The lowest BCUT2D eigenvalue weighted by Crippen LogP contribution is -2.24. The monoisotopic (exact) mass is 434 g/mol. The Hall–Kier alpha value is -2.55. The minimum Gasteiger partial charge on any atom is -0.367 e. The molecule has 3 aromatic carbocycles. The van der Waals surface area contributed by atoms with E-state index < -0.39 is 0 Å². The molecular weight excluding hydrogens is 411 g/mol. The Bertz CT molecular complexity index is 1170. The topological polar surface area (TPSA) is 16.1 Å². The molecule has 30 heavy (non-hydrogen) atoms. The summed E-state index contributed by atoms with van der Waals surface area (Å²) in [5, 5.41) is 2.40. The lowest BCUT2D eigenvalue weighted by Gasteiger charge is -2.27. The zero-order chi connectivity index (χ0) is 21.1. The number of anilines is 1. The molecule has 0 saturated carbocycles. The van der Waals surface area contributed by atoms with Gasteiger partial charge in [-0.15, -0.1) is 0 Å². The molecule has 0 N–H and O–H groups in total. The maximum Gasteiger partial charge on any atom is 0.0804 e. The van der Waals surface area contributed by atoms with Crippen molar-refractivity contribution < 1.29 is 0 Å². The minimum absolute atomic E-state index is 0.630. The Balaban J connectivity index is 1.88. The summed E-state index contributed by atoms with van der Waals surface area (Å²) >= 11 is 12.7. The molecule has 0 aliphatic rings. The molecule has 152 valence electrons. The molecule has 0 bridgehead atoms. The Labute approximate surface area is 188 Å². The highest BCUT2D eigenvalue weighted by molar-refractivity contribution is 6.36. The van der Waals surface area contributed by atoms with E-state index in [1.54, 1.807) is 6.07 Å². The Morgan fingerprint density at radius 3 is 2.40 bits per heavy atom. The van der Waals surface area contributed by atoms with Gasteiger partial charge in [-0.3, -0.25) is 4.98 Å². The SMILES string of the molecule is CCCN(Cc1ccccc1)c1cc(C)nc2c(-c3ccc(Cl)cc3Cl)cccc12. The molecule has 0 aliphatic carbocycles. The predicted molar refractivity (Wildman–Crippen MR) is 130 cm³/mol. The molecular formula is C26H24Cl2N2. The molecule has 0 unspecified atom stereocenters. The minimum atomic E-state index is 0.630. The quantitative estimate of drug-likeness (QED) is 0.306. The molecule has 0 atom stereocenters. The molecule has 1 heterocycles. The van der Waals surface area contributed by atoms with Crippen molar-refractivity contribution in [2.24, 2.45) is 0 Å². The third-order valence-electron chi connectivity index (χ3n) is 5.22. The fourth-order valence-corrected chi connectivity index (χ4v) is 4.41. The van der Waals surface area contributed by atoms with Crippen LogP contribution < -0.4 is 4.90 Å². The van der Waals surface area contributed by atoms with Crippen molar-refractivity contribution in [2.45, 2.75) is 26.8 Å². The van der Waals surface area contributed by atoms with E-state index in [0.717, 1.165) is 47.2 Å². The highest BCUT2D eigenvalue weighted by Gasteiger charge is 2.16. The first-order valence-corrected chi connectivity index (χ1v) is 11.0. The number of aromatic nitrogens is 1. The summed E-state index contributed by atoms with van der Waals surface area (Å²) in [4.78, 5) is 7.35. The highest BCUT2D eigenvalue weighted by atomic mass is 35.5. The van der Waals surface area contributed by atoms with Crippen LogP contribution in [0.1, 0.15) is 24.6 Å². The van der Waals surface area contributed by atoms with E-state index in [-0.39, 0.29) is 0 Å². The second-order valence-corrected chi connectivity index (χ2v) is 8.36.